The molecule has 1 amide bonds. The van der Waals surface area contributed by atoms with E-state index in [0.717, 1.165) is 24.0 Å². The number of anilines is 1. The first kappa shape index (κ1) is 25.4. The van der Waals surface area contributed by atoms with Crippen molar-refractivity contribution in [2.24, 2.45) is 0 Å². The molecule has 178 valence electrons. The van der Waals surface area contributed by atoms with Crippen LogP contribution < -0.4 is 5.32 Å². The van der Waals surface area contributed by atoms with E-state index in [1.165, 1.54) is 24.3 Å². The number of carbonyl (C=O) groups is 2. The molecule has 34 heavy (non-hydrogen) atoms. The van der Waals surface area contributed by atoms with Gasteiger partial charge in [0.1, 0.15) is 6.10 Å². The van der Waals surface area contributed by atoms with Crippen molar-refractivity contribution < 1.29 is 28.7 Å². The zero-order valence-corrected chi connectivity index (χ0v) is 19.6. The summed E-state index contributed by atoms with van der Waals surface area (Å²) < 4.78 is 18.3. The quantitative estimate of drug-likeness (QED) is 0.243. The Morgan fingerprint density at radius 1 is 0.853 bits per heavy atom. The van der Waals surface area contributed by atoms with E-state index in [0.29, 0.717) is 12.1 Å². The molecule has 0 fully saturated rings. The number of rotatable bonds is 12. The fourth-order valence-electron chi connectivity index (χ4n) is 3.46. The predicted molar refractivity (Wildman–Crippen MR) is 131 cm³/mol. The maximum absolute atomic E-state index is 12.9. The second kappa shape index (κ2) is 12.3. The fraction of sp³-hybridized carbons (Fsp3) is 0.231. The zero-order valence-electron chi connectivity index (χ0n) is 18.7. The normalized spacial score (nSPS) is 13.6. The highest BCUT2D eigenvalue weighted by Crippen LogP contribution is 2.45. The van der Waals surface area contributed by atoms with Gasteiger partial charge in [-0.2, -0.15) is 0 Å². The molecular formula is C26H28NO6P. The van der Waals surface area contributed by atoms with Crippen LogP contribution in [-0.4, -0.2) is 34.1 Å². The summed E-state index contributed by atoms with van der Waals surface area (Å²) in [4.78, 5) is 34.4. The largest absolute Gasteiger partial charge is 0.478 e. The van der Waals surface area contributed by atoms with Gasteiger partial charge in [-0.15, -0.1) is 0 Å². The lowest BCUT2D eigenvalue weighted by atomic mass is 10.1. The van der Waals surface area contributed by atoms with Crippen molar-refractivity contribution in [3.8, 4) is 0 Å². The van der Waals surface area contributed by atoms with Crippen LogP contribution >= 0.6 is 7.60 Å². The van der Waals surface area contributed by atoms with Crippen LogP contribution in [0.2, 0.25) is 0 Å². The van der Waals surface area contributed by atoms with Crippen molar-refractivity contribution in [1.82, 2.24) is 0 Å². The molecule has 3 N–H and O–H groups in total. The van der Waals surface area contributed by atoms with Crippen LogP contribution in [0, 0.1) is 0 Å². The lowest BCUT2D eigenvalue weighted by Gasteiger charge is -2.21. The number of unbranched alkanes of at least 4 members (excludes halogenated alkanes) is 1. The molecule has 3 rings (SSSR count). The van der Waals surface area contributed by atoms with E-state index in [1.54, 1.807) is 0 Å². The first-order chi connectivity index (χ1) is 16.3. The average molecular weight is 481 g/mol. The lowest BCUT2D eigenvalue weighted by molar-refractivity contribution is -0.123. The Bertz CT molecular complexity index is 1120. The summed E-state index contributed by atoms with van der Waals surface area (Å²) in [6.45, 7) is 0. The van der Waals surface area contributed by atoms with E-state index in [-0.39, 0.29) is 18.1 Å². The summed E-state index contributed by atoms with van der Waals surface area (Å²) in [5.41, 5.74) is 2.40. The number of hydrogen-bond acceptors (Lipinski definition) is 4. The summed E-state index contributed by atoms with van der Waals surface area (Å²) in [6.07, 6.45) is 0.885. The highest BCUT2D eigenvalue weighted by molar-refractivity contribution is 7.52. The molecule has 0 heterocycles. The van der Waals surface area contributed by atoms with Gasteiger partial charge >= 0.3 is 13.6 Å². The smallest absolute Gasteiger partial charge is 0.335 e. The average Bonchev–Trinajstić information content (AvgIpc) is 2.83. The number of hydrogen-bond donors (Lipinski definition) is 3. The molecule has 0 aliphatic heterocycles. The van der Waals surface area contributed by atoms with Gasteiger partial charge < -0.3 is 15.3 Å². The number of carboxylic acids is 1. The minimum absolute atomic E-state index is 0.0499. The molecule has 0 aliphatic carbocycles. The maximum atomic E-state index is 12.9. The van der Waals surface area contributed by atoms with E-state index >= 15 is 0 Å². The summed E-state index contributed by atoms with van der Waals surface area (Å²) in [5, 5.41) is 11.7. The standard InChI is InChI=1S/C26H28NO6P/c28-25(27-23-16-14-22(15-17-23)26(29)30)24(19-21-12-5-2-6-13-21)33-34(31,32)18-8-7-11-20-9-3-1-4-10-20/h1-6,9-10,12-17,24H,7-8,11,18-19H2,(H,27,28)(H,29,30)(H,31,32). The molecule has 0 bridgehead atoms. The van der Waals surface area contributed by atoms with Crippen molar-refractivity contribution >= 4 is 25.2 Å². The third kappa shape index (κ3) is 8.27. The van der Waals surface area contributed by atoms with Gasteiger partial charge in [-0.1, -0.05) is 60.7 Å². The Morgan fingerprint density at radius 2 is 1.44 bits per heavy atom. The molecule has 2 unspecified atom stereocenters. The Hall–Kier alpha value is -3.25. The maximum Gasteiger partial charge on any atom is 0.335 e. The number of benzene rings is 3. The van der Waals surface area contributed by atoms with Crippen LogP contribution in [0.25, 0.3) is 0 Å². The Balaban J connectivity index is 1.63. The molecule has 2 atom stereocenters. The number of nitrogens with one attached hydrogen (secondary N) is 1. The van der Waals surface area contributed by atoms with Crippen LogP contribution in [0.1, 0.15) is 34.3 Å². The summed E-state index contributed by atoms with van der Waals surface area (Å²) in [7, 11) is -4.02. The second-order valence-corrected chi connectivity index (χ2v) is 9.89. The fourth-order valence-corrected chi connectivity index (χ4v) is 4.76. The lowest BCUT2D eigenvalue weighted by Crippen LogP contribution is -2.32. The van der Waals surface area contributed by atoms with Gasteiger partial charge in [0.2, 0.25) is 0 Å². The molecule has 3 aromatic rings. The van der Waals surface area contributed by atoms with Crippen LogP contribution in [-0.2, 0) is 26.7 Å². The predicted octanol–water partition coefficient (Wildman–Crippen LogP) is 5.16. The third-order valence-corrected chi connectivity index (χ3v) is 6.71. The van der Waals surface area contributed by atoms with E-state index in [9.17, 15) is 19.0 Å². The highest BCUT2D eigenvalue weighted by Gasteiger charge is 2.30. The second-order valence-electron chi connectivity index (χ2n) is 7.96. The molecule has 3 aromatic carbocycles. The number of carbonyl (C=O) groups excluding carboxylic acids is 1. The molecule has 8 heteroatoms. The van der Waals surface area contributed by atoms with Gasteiger partial charge in [-0.3, -0.25) is 13.9 Å². The Morgan fingerprint density at radius 3 is 2.03 bits per heavy atom. The van der Waals surface area contributed by atoms with Gasteiger partial charge in [-0.05, 0) is 54.7 Å². The third-order valence-electron chi connectivity index (χ3n) is 5.25. The Labute approximate surface area is 199 Å². The van der Waals surface area contributed by atoms with Crippen molar-refractivity contribution in [2.75, 3.05) is 11.5 Å². The number of aromatic carboxylic acids is 1. The van der Waals surface area contributed by atoms with E-state index in [2.05, 4.69) is 5.32 Å². The molecule has 0 aromatic heterocycles. The molecule has 0 spiro atoms. The highest BCUT2D eigenvalue weighted by atomic mass is 31.2. The van der Waals surface area contributed by atoms with Gasteiger partial charge in [-0.25, -0.2) is 4.79 Å². The molecule has 0 aliphatic rings. The van der Waals surface area contributed by atoms with E-state index < -0.39 is 25.6 Å². The van der Waals surface area contributed by atoms with Gasteiger partial charge in [0.15, 0.2) is 0 Å². The number of carboxylic acid groups (broad SMARTS) is 1. The summed E-state index contributed by atoms with van der Waals surface area (Å²) >= 11 is 0. The number of amides is 1. The minimum atomic E-state index is -4.02. The van der Waals surface area contributed by atoms with Crippen molar-refractivity contribution in [3.05, 3.63) is 102 Å². The van der Waals surface area contributed by atoms with Gasteiger partial charge in [0, 0.05) is 12.1 Å². The van der Waals surface area contributed by atoms with E-state index in [4.69, 9.17) is 9.63 Å². The molecule has 0 saturated carbocycles. The van der Waals surface area contributed by atoms with Crippen LogP contribution in [0.3, 0.4) is 0 Å². The monoisotopic (exact) mass is 481 g/mol. The SMILES string of the molecule is O=C(O)c1ccc(NC(=O)C(Cc2ccccc2)OP(=O)(O)CCCCc2ccccc2)cc1. The van der Waals surface area contributed by atoms with Crippen molar-refractivity contribution in [1.29, 1.82) is 0 Å². The first-order valence-corrected chi connectivity index (χ1v) is 12.8. The molecular weight excluding hydrogens is 453 g/mol. The van der Waals surface area contributed by atoms with Gasteiger partial charge in [0.05, 0.1) is 11.7 Å². The molecule has 0 radical (unpaired) electrons. The number of aryl methyl sites for hydroxylation is 1. The van der Waals surface area contributed by atoms with Gasteiger partial charge in [0.25, 0.3) is 5.91 Å². The van der Waals surface area contributed by atoms with Crippen LogP contribution in [0.15, 0.2) is 84.9 Å². The van der Waals surface area contributed by atoms with Crippen molar-refractivity contribution in [3.63, 3.8) is 0 Å². The van der Waals surface area contributed by atoms with Crippen LogP contribution in [0.4, 0.5) is 5.69 Å². The Kier molecular flexibility index (Phi) is 9.16. The molecule has 7 nitrogen and oxygen atoms in total. The summed E-state index contributed by atoms with van der Waals surface area (Å²) in [5.74, 6) is -1.65. The summed E-state index contributed by atoms with van der Waals surface area (Å²) in [6, 6.07) is 24.6. The molecule has 0 saturated heterocycles. The first-order valence-electron chi connectivity index (χ1n) is 11.0. The minimum Gasteiger partial charge on any atom is -0.478 e. The van der Waals surface area contributed by atoms with Crippen molar-refractivity contribution in [2.45, 2.75) is 31.8 Å². The topological polar surface area (TPSA) is 113 Å². The van der Waals surface area contributed by atoms with Crippen LogP contribution in [0.5, 0.6) is 0 Å². The zero-order chi connectivity index (χ0) is 24.4. The van der Waals surface area contributed by atoms with E-state index in [1.807, 2.05) is 60.7 Å².